The predicted molar refractivity (Wildman–Crippen MR) is 102 cm³/mol. The first kappa shape index (κ1) is 16.7. The van der Waals surface area contributed by atoms with E-state index in [1.165, 1.54) is 10.9 Å². The van der Waals surface area contributed by atoms with Crippen molar-refractivity contribution in [1.29, 1.82) is 0 Å². The summed E-state index contributed by atoms with van der Waals surface area (Å²) in [5, 5.41) is 2.90. The van der Waals surface area contributed by atoms with Crippen LogP contribution < -0.4 is 10.1 Å². The molecule has 3 aromatic rings. The third-order valence-corrected chi connectivity index (χ3v) is 5.53. The number of rotatable bonds is 5. The highest BCUT2D eigenvalue weighted by Gasteiger charge is 2.31. The van der Waals surface area contributed by atoms with Crippen LogP contribution in [-0.2, 0) is 24.9 Å². The molecule has 2 aromatic carbocycles. The third kappa shape index (κ3) is 3.32. The van der Waals surface area contributed by atoms with Gasteiger partial charge in [-0.1, -0.05) is 42.1 Å². The Bertz CT molecular complexity index is 978. The Hall–Kier alpha value is -2.73. The first-order valence-electron chi connectivity index (χ1n) is 8.37. The van der Waals surface area contributed by atoms with E-state index in [-0.39, 0.29) is 16.4 Å². The summed E-state index contributed by atoms with van der Waals surface area (Å²) in [7, 11) is 2.04. The average Bonchev–Trinajstić information content (AvgIpc) is 3.13. The second-order valence-electron chi connectivity index (χ2n) is 6.27. The van der Waals surface area contributed by atoms with Gasteiger partial charge in [0.05, 0.1) is 10.9 Å². The molecule has 1 aromatic heterocycles. The summed E-state index contributed by atoms with van der Waals surface area (Å²) in [6.45, 7) is 0.486. The Morgan fingerprint density at radius 2 is 1.88 bits per heavy atom. The number of aryl methyl sites for hydroxylation is 1. The van der Waals surface area contributed by atoms with Crippen LogP contribution in [0.1, 0.15) is 11.3 Å². The highest BCUT2D eigenvalue weighted by atomic mass is 32.2. The minimum Gasteiger partial charge on any atom is -0.487 e. The molecule has 0 radical (unpaired) electrons. The molecular weight excluding hydrogens is 348 g/mol. The first-order valence-corrected chi connectivity index (χ1v) is 9.25. The number of ether oxygens (including phenoxy) is 1. The van der Waals surface area contributed by atoms with Crippen LogP contribution in [0, 0.1) is 0 Å². The fraction of sp³-hybridized carbons (Fsp3) is 0.200. The zero-order valence-corrected chi connectivity index (χ0v) is 15.1. The van der Waals surface area contributed by atoms with Crippen molar-refractivity contribution in [2.45, 2.75) is 18.3 Å². The quantitative estimate of drug-likeness (QED) is 0.749. The average molecular weight is 366 g/mol. The summed E-state index contributed by atoms with van der Waals surface area (Å²) in [4.78, 5) is 22.9. The molecule has 0 saturated carbocycles. The number of benzene rings is 2. The molecule has 1 saturated heterocycles. The van der Waals surface area contributed by atoms with Crippen LogP contribution in [0.25, 0.3) is 10.9 Å². The molecule has 1 atom stereocenters. The lowest BCUT2D eigenvalue weighted by molar-refractivity contribution is -0.118. The molecule has 0 spiro atoms. The largest absolute Gasteiger partial charge is 0.487 e. The van der Waals surface area contributed by atoms with Gasteiger partial charge in [0, 0.05) is 12.6 Å². The van der Waals surface area contributed by atoms with Crippen LogP contribution in [0.4, 0.5) is 4.79 Å². The van der Waals surface area contributed by atoms with Crippen LogP contribution in [0.3, 0.4) is 0 Å². The van der Waals surface area contributed by atoms with Crippen molar-refractivity contribution in [3.63, 3.8) is 0 Å². The lowest BCUT2D eigenvalue weighted by Crippen LogP contribution is -2.25. The smallest absolute Gasteiger partial charge is 0.286 e. The molecule has 5 nitrogen and oxygen atoms in total. The monoisotopic (exact) mass is 366 g/mol. The van der Waals surface area contributed by atoms with E-state index in [2.05, 4.69) is 28.1 Å². The normalized spacial score (nSPS) is 16.9. The number of nitrogens with zero attached hydrogens (tertiary/aromatic N) is 1. The number of carbonyl (C=O) groups is 2. The summed E-state index contributed by atoms with van der Waals surface area (Å²) in [5.41, 5.74) is 3.29. The molecule has 0 bridgehead atoms. The second-order valence-corrected chi connectivity index (χ2v) is 7.45. The van der Waals surface area contributed by atoms with Gasteiger partial charge >= 0.3 is 0 Å². The maximum Gasteiger partial charge on any atom is 0.286 e. The molecule has 26 heavy (non-hydrogen) atoms. The first-order chi connectivity index (χ1) is 12.6. The molecule has 132 valence electrons. The van der Waals surface area contributed by atoms with Gasteiger partial charge in [-0.3, -0.25) is 14.9 Å². The van der Waals surface area contributed by atoms with E-state index in [0.717, 1.165) is 28.8 Å². The van der Waals surface area contributed by atoms with Crippen molar-refractivity contribution in [1.82, 2.24) is 9.88 Å². The fourth-order valence-electron chi connectivity index (χ4n) is 3.11. The molecule has 0 aliphatic carbocycles. The zero-order chi connectivity index (χ0) is 18.1. The summed E-state index contributed by atoms with van der Waals surface area (Å²) in [5.74, 6) is 0.565. The number of amides is 2. The van der Waals surface area contributed by atoms with Gasteiger partial charge in [-0.25, -0.2) is 0 Å². The second kappa shape index (κ2) is 6.88. The minimum absolute atomic E-state index is 0.212. The molecule has 6 heteroatoms. The van der Waals surface area contributed by atoms with E-state index in [1.807, 2.05) is 43.4 Å². The predicted octanol–water partition coefficient (Wildman–Crippen LogP) is 3.65. The molecule has 4 rings (SSSR count). The van der Waals surface area contributed by atoms with Crippen LogP contribution in [-0.4, -0.2) is 21.0 Å². The Morgan fingerprint density at radius 1 is 1.12 bits per heavy atom. The Kier molecular flexibility index (Phi) is 4.42. The highest BCUT2D eigenvalue weighted by Crippen LogP contribution is 2.24. The van der Waals surface area contributed by atoms with Gasteiger partial charge in [0.2, 0.25) is 5.91 Å². The summed E-state index contributed by atoms with van der Waals surface area (Å²) in [6, 6.07) is 18.1. The van der Waals surface area contributed by atoms with Crippen molar-refractivity contribution in [2.75, 3.05) is 0 Å². The van der Waals surface area contributed by atoms with Gasteiger partial charge < -0.3 is 9.30 Å². The summed E-state index contributed by atoms with van der Waals surface area (Å²) >= 11 is 1.05. The maximum atomic E-state index is 11.6. The summed E-state index contributed by atoms with van der Waals surface area (Å²) in [6.07, 6.45) is 0.533. The van der Waals surface area contributed by atoms with Gasteiger partial charge in [-0.05, 0) is 41.6 Å². The van der Waals surface area contributed by atoms with Crippen LogP contribution in [0.5, 0.6) is 5.75 Å². The number of hydrogen-bond acceptors (Lipinski definition) is 4. The number of hydrogen-bond donors (Lipinski definition) is 1. The van der Waals surface area contributed by atoms with Crippen molar-refractivity contribution >= 4 is 33.8 Å². The van der Waals surface area contributed by atoms with Crippen LogP contribution in [0.15, 0.2) is 54.6 Å². The number of aromatic nitrogens is 1. The van der Waals surface area contributed by atoms with Crippen LogP contribution in [0.2, 0.25) is 0 Å². The topological polar surface area (TPSA) is 60.3 Å². The van der Waals surface area contributed by atoms with E-state index >= 15 is 0 Å². The molecule has 1 unspecified atom stereocenters. The molecular formula is C20H18N2O3S. The van der Waals surface area contributed by atoms with E-state index < -0.39 is 0 Å². The van der Waals surface area contributed by atoms with Gasteiger partial charge in [-0.15, -0.1) is 0 Å². The summed E-state index contributed by atoms with van der Waals surface area (Å²) < 4.78 is 8.04. The maximum absolute atomic E-state index is 11.6. The number of carbonyl (C=O) groups excluding carboxylic acids is 2. The SMILES string of the molecule is Cn1c(COc2ccc(CC3SC(=O)NC3=O)cc2)cc2ccccc21. The Labute approximate surface area is 155 Å². The lowest BCUT2D eigenvalue weighted by atomic mass is 10.1. The van der Waals surface area contributed by atoms with Crippen molar-refractivity contribution in [3.8, 4) is 5.75 Å². The molecule has 1 N–H and O–H groups in total. The minimum atomic E-state index is -0.343. The van der Waals surface area contributed by atoms with Crippen molar-refractivity contribution in [3.05, 3.63) is 65.9 Å². The van der Waals surface area contributed by atoms with Crippen molar-refractivity contribution in [2.24, 2.45) is 7.05 Å². The van der Waals surface area contributed by atoms with E-state index in [9.17, 15) is 9.59 Å². The fourth-order valence-corrected chi connectivity index (χ4v) is 3.96. The molecule has 2 heterocycles. The lowest BCUT2D eigenvalue weighted by Gasteiger charge is -2.09. The van der Waals surface area contributed by atoms with Gasteiger partial charge in [0.15, 0.2) is 0 Å². The number of para-hydroxylation sites is 1. The van der Waals surface area contributed by atoms with Gasteiger partial charge in [-0.2, -0.15) is 0 Å². The zero-order valence-electron chi connectivity index (χ0n) is 14.3. The molecule has 1 aliphatic heterocycles. The third-order valence-electron chi connectivity index (χ3n) is 4.55. The van der Waals surface area contributed by atoms with Crippen LogP contribution >= 0.6 is 11.8 Å². The van der Waals surface area contributed by atoms with Gasteiger partial charge in [0.1, 0.15) is 12.4 Å². The van der Waals surface area contributed by atoms with Crippen molar-refractivity contribution < 1.29 is 14.3 Å². The number of fused-ring (bicyclic) bond motifs is 1. The molecule has 1 fully saturated rings. The van der Waals surface area contributed by atoms with E-state index in [0.29, 0.717) is 13.0 Å². The van der Waals surface area contributed by atoms with E-state index in [4.69, 9.17) is 4.74 Å². The number of thioether (sulfide) groups is 1. The Balaban J connectivity index is 1.40. The number of imide groups is 1. The highest BCUT2D eigenvalue weighted by molar-refractivity contribution is 8.15. The Morgan fingerprint density at radius 3 is 2.58 bits per heavy atom. The molecule has 2 amide bonds. The standard InChI is InChI=1S/C20H18N2O3S/c1-22-15(11-14-4-2-3-5-17(14)22)12-25-16-8-6-13(7-9-16)10-18-19(23)21-20(24)26-18/h2-9,11,18H,10,12H2,1H3,(H,21,23,24). The van der Waals surface area contributed by atoms with E-state index in [1.54, 1.807) is 0 Å². The molecule has 1 aliphatic rings. The van der Waals surface area contributed by atoms with Gasteiger partial charge in [0.25, 0.3) is 5.24 Å². The number of nitrogens with one attached hydrogen (secondary N) is 1.